The lowest BCUT2D eigenvalue weighted by Gasteiger charge is -2.25. The number of nitrogens with one attached hydrogen (secondary N) is 4. The Morgan fingerprint density at radius 3 is 2.76 bits per heavy atom. The predicted molar refractivity (Wildman–Crippen MR) is 124 cm³/mol. The summed E-state index contributed by atoms with van der Waals surface area (Å²) in [5.74, 6) is 0.540. The number of carbonyl (C=O) groups excluding carboxylic acids is 2. The number of carbonyl (C=O) groups is 2. The number of ether oxygens (including phenoxy) is 2. The predicted octanol–water partition coefficient (Wildman–Crippen LogP) is 2.15. The molecule has 1 saturated carbocycles. The van der Waals surface area contributed by atoms with Crippen molar-refractivity contribution < 1.29 is 19.1 Å². The largest absolute Gasteiger partial charge is 0.481 e. The number of nitrogens with zero attached hydrogens (tertiary/aromatic N) is 2. The van der Waals surface area contributed by atoms with Gasteiger partial charge in [-0.05, 0) is 37.1 Å². The van der Waals surface area contributed by atoms with Gasteiger partial charge >= 0.3 is 0 Å². The minimum absolute atomic E-state index is 0.179. The second kappa shape index (κ2) is 9.86. The average molecular weight is 448 g/mol. The van der Waals surface area contributed by atoms with Crippen molar-refractivity contribution in [3.05, 3.63) is 66.7 Å². The summed E-state index contributed by atoms with van der Waals surface area (Å²) in [6.45, 7) is 3.45. The van der Waals surface area contributed by atoms with Crippen molar-refractivity contribution in [2.45, 2.75) is 25.2 Å². The molecule has 1 aliphatic heterocycles. The van der Waals surface area contributed by atoms with Crippen LogP contribution in [0.15, 0.2) is 71.7 Å². The number of rotatable bonds is 9. The maximum Gasteiger partial charge on any atom is 0.258 e. The third-order valence-electron chi connectivity index (χ3n) is 4.78. The number of benzene rings is 1. The summed E-state index contributed by atoms with van der Waals surface area (Å²) in [6, 6.07) is 10.5. The molecule has 2 aromatic rings. The van der Waals surface area contributed by atoms with Crippen LogP contribution < -0.4 is 30.7 Å². The molecule has 0 radical (unpaired) electrons. The van der Waals surface area contributed by atoms with Crippen LogP contribution in [0.25, 0.3) is 0 Å². The Labute approximate surface area is 190 Å². The van der Waals surface area contributed by atoms with Crippen LogP contribution in [0.3, 0.4) is 0 Å². The summed E-state index contributed by atoms with van der Waals surface area (Å²) in [5.41, 5.74) is 1.50. The Kier molecular flexibility index (Phi) is 6.53. The van der Waals surface area contributed by atoms with Crippen LogP contribution in [-0.2, 0) is 9.59 Å². The Morgan fingerprint density at radius 1 is 1.21 bits per heavy atom. The highest BCUT2D eigenvalue weighted by Crippen LogP contribution is 2.23. The molecule has 0 saturated heterocycles. The van der Waals surface area contributed by atoms with Crippen molar-refractivity contribution >= 4 is 29.4 Å². The number of pyridine rings is 1. The zero-order valence-electron chi connectivity index (χ0n) is 18.0. The standard InChI is InChI=1S/C23H24N6O4/c1-3-19(30)26-15-5-4-6-17(11-15)33-22-18(21(31)27-14-7-8-14)13-25-23(29-22)28-16-9-10-20(32-2)24-12-16/h3-6,9-14,23,28-29H,1,7-8H2,2H3,(H,26,30)(H,27,31). The van der Waals surface area contributed by atoms with Crippen LogP contribution in [0.5, 0.6) is 11.6 Å². The van der Waals surface area contributed by atoms with Gasteiger partial charge in [-0.15, -0.1) is 0 Å². The smallest absolute Gasteiger partial charge is 0.258 e. The summed E-state index contributed by atoms with van der Waals surface area (Å²) >= 11 is 0. The van der Waals surface area contributed by atoms with Crippen LogP contribution in [-0.4, -0.2) is 42.5 Å². The first-order valence-electron chi connectivity index (χ1n) is 10.4. The molecule has 2 amide bonds. The molecule has 10 nitrogen and oxygen atoms in total. The Hall–Kier alpha value is -4.34. The number of hydrogen-bond donors (Lipinski definition) is 4. The van der Waals surface area contributed by atoms with E-state index in [2.05, 4.69) is 37.8 Å². The summed E-state index contributed by atoms with van der Waals surface area (Å²) in [7, 11) is 1.54. The van der Waals surface area contributed by atoms with E-state index in [1.807, 2.05) is 0 Å². The zero-order valence-corrected chi connectivity index (χ0v) is 18.0. The summed E-state index contributed by atoms with van der Waals surface area (Å²) in [6.07, 6.45) is 5.58. The highest BCUT2D eigenvalue weighted by atomic mass is 16.5. The molecule has 1 aromatic heterocycles. The van der Waals surface area contributed by atoms with Crippen LogP contribution in [0.1, 0.15) is 12.8 Å². The van der Waals surface area contributed by atoms with Gasteiger partial charge in [-0.25, -0.2) is 9.98 Å². The second-order valence-electron chi connectivity index (χ2n) is 7.37. The normalized spacial score (nSPS) is 16.9. The zero-order chi connectivity index (χ0) is 23.2. The summed E-state index contributed by atoms with van der Waals surface area (Å²) in [5, 5.41) is 11.9. The Morgan fingerprint density at radius 2 is 2.06 bits per heavy atom. The molecular weight excluding hydrogens is 424 g/mol. The monoisotopic (exact) mass is 448 g/mol. The minimum Gasteiger partial charge on any atom is -0.481 e. The molecular formula is C23H24N6O4. The lowest BCUT2D eigenvalue weighted by molar-refractivity contribution is -0.117. The number of amides is 2. The lowest BCUT2D eigenvalue weighted by atomic mass is 10.2. The number of hydrogen-bond acceptors (Lipinski definition) is 8. The quantitative estimate of drug-likeness (QED) is 0.433. The van der Waals surface area contributed by atoms with Gasteiger partial charge in [0.05, 0.1) is 19.0 Å². The van der Waals surface area contributed by atoms with Gasteiger partial charge in [-0.2, -0.15) is 0 Å². The minimum atomic E-state index is -0.601. The van der Waals surface area contributed by atoms with Crippen molar-refractivity contribution in [1.29, 1.82) is 0 Å². The van der Waals surface area contributed by atoms with E-state index in [0.29, 0.717) is 23.0 Å². The first kappa shape index (κ1) is 21.9. The topological polar surface area (TPSA) is 126 Å². The summed E-state index contributed by atoms with van der Waals surface area (Å²) < 4.78 is 11.1. The molecule has 1 aromatic carbocycles. The third-order valence-corrected chi connectivity index (χ3v) is 4.78. The van der Waals surface area contributed by atoms with E-state index < -0.39 is 6.29 Å². The third kappa shape index (κ3) is 5.88. The lowest BCUT2D eigenvalue weighted by Crippen LogP contribution is -2.42. The molecule has 0 spiro atoms. The van der Waals surface area contributed by atoms with Crippen molar-refractivity contribution in [3.63, 3.8) is 0 Å². The fourth-order valence-corrected chi connectivity index (χ4v) is 2.95. The van der Waals surface area contributed by atoms with Crippen molar-refractivity contribution in [2.24, 2.45) is 4.99 Å². The highest BCUT2D eigenvalue weighted by Gasteiger charge is 2.28. The van der Waals surface area contributed by atoms with E-state index in [9.17, 15) is 9.59 Å². The molecule has 2 aliphatic rings. The second-order valence-corrected chi connectivity index (χ2v) is 7.37. The van der Waals surface area contributed by atoms with Crippen LogP contribution in [0.2, 0.25) is 0 Å². The van der Waals surface area contributed by atoms with Crippen molar-refractivity contribution in [2.75, 3.05) is 17.7 Å². The van der Waals surface area contributed by atoms with Gasteiger partial charge in [-0.1, -0.05) is 12.6 Å². The van der Waals surface area contributed by atoms with Gasteiger partial charge in [0.2, 0.25) is 17.7 Å². The van der Waals surface area contributed by atoms with E-state index in [4.69, 9.17) is 9.47 Å². The molecule has 4 rings (SSSR count). The maximum atomic E-state index is 12.7. The van der Waals surface area contributed by atoms with Gasteiger partial charge in [-0.3, -0.25) is 9.59 Å². The molecule has 1 unspecified atom stereocenters. The van der Waals surface area contributed by atoms with Gasteiger partial charge in [0, 0.05) is 30.1 Å². The van der Waals surface area contributed by atoms with Crippen molar-refractivity contribution in [1.82, 2.24) is 15.6 Å². The number of anilines is 2. The van der Waals surface area contributed by atoms with E-state index in [1.54, 1.807) is 49.7 Å². The molecule has 33 heavy (non-hydrogen) atoms. The van der Waals surface area contributed by atoms with Gasteiger partial charge < -0.3 is 30.7 Å². The molecule has 1 atom stereocenters. The van der Waals surface area contributed by atoms with Crippen LogP contribution >= 0.6 is 0 Å². The molecule has 10 heteroatoms. The van der Waals surface area contributed by atoms with Crippen LogP contribution in [0.4, 0.5) is 11.4 Å². The molecule has 170 valence electrons. The van der Waals surface area contributed by atoms with Crippen LogP contribution in [0, 0.1) is 0 Å². The SMILES string of the molecule is C=CC(=O)Nc1cccc(OC2=C(C(=O)NC3CC3)C=NC(Nc3ccc(OC)nc3)N2)c1. The van der Waals surface area contributed by atoms with E-state index >= 15 is 0 Å². The Balaban J connectivity index is 1.53. The molecule has 4 N–H and O–H groups in total. The fraction of sp³-hybridized carbons (Fsp3) is 0.217. The maximum absolute atomic E-state index is 12.7. The number of aromatic nitrogens is 1. The number of aliphatic imine (C=N–C) groups is 1. The average Bonchev–Trinajstić information content (AvgIpc) is 3.64. The molecule has 1 fully saturated rings. The highest BCUT2D eigenvalue weighted by molar-refractivity contribution is 6.13. The molecule has 0 bridgehead atoms. The van der Waals surface area contributed by atoms with Gasteiger partial charge in [0.25, 0.3) is 5.91 Å². The molecule has 2 heterocycles. The molecule has 1 aliphatic carbocycles. The fourth-order valence-electron chi connectivity index (χ4n) is 2.95. The summed E-state index contributed by atoms with van der Waals surface area (Å²) in [4.78, 5) is 32.9. The van der Waals surface area contributed by atoms with E-state index in [0.717, 1.165) is 12.8 Å². The Bertz CT molecular complexity index is 1110. The van der Waals surface area contributed by atoms with E-state index in [1.165, 1.54) is 12.3 Å². The van der Waals surface area contributed by atoms with E-state index in [-0.39, 0.29) is 29.3 Å². The van der Waals surface area contributed by atoms with Gasteiger partial charge in [0.1, 0.15) is 11.3 Å². The van der Waals surface area contributed by atoms with Gasteiger partial charge in [0.15, 0.2) is 6.29 Å². The van der Waals surface area contributed by atoms with Crippen molar-refractivity contribution in [3.8, 4) is 11.6 Å². The first-order chi connectivity index (χ1) is 16.0. The number of methoxy groups -OCH3 is 1. The first-order valence-corrected chi connectivity index (χ1v) is 10.4.